The lowest BCUT2D eigenvalue weighted by Gasteiger charge is -2.09. The Morgan fingerprint density at radius 1 is 1.30 bits per heavy atom. The van der Waals surface area contributed by atoms with Gasteiger partial charge in [-0.25, -0.2) is 9.37 Å². The quantitative estimate of drug-likeness (QED) is 0.637. The van der Waals surface area contributed by atoms with Gasteiger partial charge < -0.3 is 11.1 Å². The minimum Gasteiger partial charge on any atom is -0.368 e. The molecule has 0 aliphatic rings. The molecule has 0 saturated heterocycles. The molecule has 2 aromatic heterocycles. The van der Waals surface area contributed by atoms with Crippen molar-refractivity contribution in [2.45, 2.75) is 6.92 Å². The first-order chi connectivity index (χ1) is 9.52. The summed E-state index contributed by atoms with van der Waals surface area (Å²) in [7, 11) is 0. The highest BCUT2D eigenvalue weighted by molar-refractivity contribution is 14.1. The Morgan fingerprint density at radius 3 is 2.85 bits per heavy atom. The van der Waals surface area contributed by atoms with E-state index in [1.54, 1.807) is 17.4 Å². The number of rotatable bonds is 2. The summed E-state index contributed by atoms with van der Waals surface area (Å²) in [4.78, 5) is 10.4. The van der Waals surface area contributed by atoms with E-state index in [2.05, 4.69) is 37.9 Å². The lowest BCUT2D eigenvalue weighted by atomic mass is 10.3. The van der Waals surface area contributed by atoms with Crippen LogP contribution in [0, 0.1) is 16.3 Å². The zero-order chi connectivity index (χ0) is 14.3. The molecule has 0 aliphatic heterocycles. The standard InChI is InChI=1S/C13H10FIN4S/c1-6-4-8-11(18-13(16)19-12(8)20-6)17-10-3-2-7(14)5-9(10)15/h2-5H,1H3,(H3,16,17,18,19). The van der Waals surface area contributed by atoms with Crippen LogP contribution in [-0.2, 0) is 0 Å². The number of hydrogen-bond acceptors (Lipinski definition) is 5. The van der Waals surface area contributed by atoms with Crippen molar-refractivity contribution >= 4 is 61.6 Å². The molecular formula is C13H10FIN4S. The molecule has 0 aliphatic carbocycles. The molecule has 7 heteroatoms. The van der Waals surface area contributed by atoms with E-state index >= 15 is 0 Å². The monoisotopic (exact) mass is 400 g/mol. The maximum absolute atomic E-state index is 13.1. The van der Waals surface area contributed by atoms with Crippen LogP contribution in [-0.4, -0.2) is 9.97 Å². The van der Waals surface area contributed by atoms with E-state index < -0.39 is 0 Å². The molecule has 0 radical (unpaired) electrons. The molecule has 1 aromatic carbocycles. The molecule has 3 N–H and O–H groups in total. The van der Waals surface area contributed by atoms with Gasteiger partial charge in [-0.2, -0.15) is 4.98 Å². The van der Waals surface area contributed by atoms with Crippen LogP contribution in [0.15, 0.2) is 24.3 Å². The first-order valence-electron chi connectivity index (χ1n) is 5.78. The number of halogens is 2. The smallest absolute Gasteiger partial charge is 0.223 e. The third kappa shape index (κ3) is 2.55. The molecule has 0 bridgehead atoms. The topological polar surface area (TPSA) is 63.8 Å². The first kappa shape index (κ1) is 13.5. The fraction of sp³-hybridized carbons (Fsp3) is 0.0769. The number of nitrogens with one attached hydrogen (secondary N) is 1. The van der Waals surface area contributed by atoms with Crippen LogP contribution >= 0.6 is 33.9 Å². The van der Waals surface area contributed by atoms with E-state index in [0.717, 1.165) is 24.4 Å². The van der Waals surface area contributed by atoms with Gasteiger partial charge in [0.15, 0.2) is 0 Å². The van der Waals surface area contributed by atoms with Crippen LogP contribution in [0.4, 0.5) is 21.8 Å². The van der Waals surface area contributed by atoms with Crippen LogP contribution in [0.25, 0.3) is 10.2 Å². The van der Waals surface area contributed by atoms with Gasteiger partial charge in [0, 0.05) is 8.45 Å². The maximum Gasteiger partial charge on any atom is 0.223 e. The van der Waals surface area contributed by atoms with Crippen LogP contribution < -0.4 is 11.1 Å². The molecule has 2 heterocycles. The average molecular weight is 400 g/mol. The van der Waals surface area contributed by atoms with Crippen molar-refractivity contribution < 1.29 is 4.39 Å². The summed E-state index contributed by atoms with van der Waals surface area (Å²) in [6.07, 6.45) is 0. The Labute approximate surface area is 132 Å². The van der Waals surface area contributed by atoms with Gasteiger partial charge in [-0.3, -0.25) is 0 Å². The Kier molecular flexibility index (Phi) is 3.47. The van der Waals surface area contributed by atoms with Gasteiger partial charge in [-0.1, -0.05) is 0 Å². The van der Waals surface area contributed by atoms with Crippen molar-refractivity contribution in [3.05, 3.63) is 38.5 Å². The van der Waals surface area contributed by atoms with Gasteiger partial charge in [0.2, 0.25) is 5.95 Å². The van der Waals surface area contributed by atoms with Crippen LogP contribution in [0.5, 0.6) is 0 Å². The van der Waals surface area contributed by atoms with Crippen molar-refractivity contribution in [2.24, 2.45) is 0 Å². The fourth-order valence-corrected chi connectivity index (χ4v) is 3.37. The highest BCUT2D eigenvalue weighted by Gasteiger charge is 2.11. The molecule has 3 rings (SSSR count). The molecule has 0 spiro atoms. The van der Waals surface area contributed by atoms with E-state index in [1.807, 2.05) is 13.0 Å². The van der Waals surface area contributed by atoms with E-state index in [-0.39, 0.29) is 11.8 Å². The van der Waals surface area contributed by atoms with E-state index in [4.69, 9.17) is 5.73 Å². The molecule has 0 saturated carbocycles. The van der Waals surface area contributed by atoms with Gasteiger partial charge in [0.25, 0.3) is 0 Å². The third-order valence-corrected chi connectivity index (χ3v) is 4.55. The van der Waals surface area contributed by atoms with Gasteiger partial charge in [-0.15, -0.1) is 11.3 Å². The minimum absolute atomic E-state index is 0.221. The van der Waals surface area contributed by atoms with Gasteiger partial charge in [0.05, 0.1) is 11.1 Å². The maximum atomic E-state index is 13.1. The fourth-order valence-electron chi connectivity index (χ4n) is 1.87. The number of nitrogens with two attached hydrogens (primary N) is 1. The predicted octanol–water partition coefficient (Wildman–Crippen LogP) is 4.07. The number of thiophene rings is 1. The molecule has 0 atom stereocenters. The first-order valence-corrected chi connectivity index (χ1v) is 7.68. The zero-order valence-electron chi connectivity index (χ0n) is 10.4. The highest BCUT2D eigenvalue weighted by atomic mass is 127. The Balaban J connectivity index is 2.10. The number of benzene rings is 1. The normalized spacial score (nSPS) is 10.9. The zero-order valence-corrected chi connectivity index (χ0v) is 13.4. The SMILES string of the molecule is Cc1cc2c(Nc3ccc(F)cc3I)nc(N)nc2s1. The number of nitrogen functional groups attached to an aromatic ring is 1. The minimum atomic E-state index is -0.265. The lowest BCUT2D eigenvalue weighted by Crippen LogP contribution is -2.01. The van der Waals surface area contributed by atoms with Crippen molar-refractivity contribution in [3.8, 4) is 0 Å². The predicted molar refractivity (Wildman–Crippen MR) is 89.0 cm³/mol. The number of anilines is 3. The van der Waals surface area contributed by atoms with Gasteiger partial charge in [-0.05, 0) is 53.8 Å². The summed E-state index contributed by atoms with van der Waals surface area (Å²) >= 11 is 3.64. The van der Waals surface area contributed by atoms with E-state index in [0.29, 0.717) is 5.82 Å². The molecule has 0 amide bonds. The summed E-state index contributed by atoms with van der Waals surface area (Å²) in [6.45, 7) is 2.01. The average Bonchev–Trinajstić information content (AvgIpc) is 2.73. The van der Waals surface area contributed by atoms with Crippen molar-refractivity contribution in [1.29, 1.82) is 0 Å². The van der Waals surface area contributed by atoms with E-state index in [1.165, 1.54) is 12.1 Å². The number of aromatic nitrogens is 2. The Bertz CT molecular complexity index is 802. The summed E-state index contributed by atoms with van der Waals surface area (Å²) in [5, 5.41) is 4.12. The third-order valence-electron chi connectivity index (χ3n) is 2.72. The molecule has 102 valence electrons. The molecule has 4 nitrogen and oxygen atoms in total. The summed E-state index contributed by atoms with van der Waals surface area (Å²) in [6, 6.07) is 6.56. The summed E-state index contributed by atoms with van der Waals surface area (Å²) in [5.74, 6) is 0.596. The Hall–Kier alpha value is -1.48. The Morgan fingerprint density at radius 2 is 2.10 bits per heavy atom. The van der Waals surface area contributed by atoms with Gasteiger partial charge in [0.1, 0.15) is 16.5 Å². The molecule has 0 unspecified atom stereocenters. The number of fused-ring (bicyclic) bond motifs is 1. The number of nitrogens with zero attached hydrogens (tertiary/aromatic N) is 2. The molecule has 3 aromatic rings. The molecule has 0 fully saturated rings. The van der Waals surface area contributed by atoms with Crippen LogP contribution in [0.1, 0.15) is 4.88 Å². The van der Waals surface area contributed by atoms with Crippen molar-refractivity contribution in [3.63, 3.8) is 0 Å². The van der Waals surface area contributed by atoms with Crippen molar-refractivity contribution in [1.82, 2.24) is 9.97 Å². The van der Waals surface area contributed by atoms with Crippen molar-refractivity contribution in [2.75, 3.05) is 11.1 Å². The second-order valence-electron chi connectivity index (χ2n) is 4.26. The molecular weight excluding hydrogens is 390 g/mol. The largest absolute Gasteiger partial charge is 0.368 e. The lowest BCUT2D eigenvalue weighted by molar-refractivity contribution is 0.627. The highest BCUT2D eigenvalue weighted by Crippen LogP contribution is 2.32. The van der Waals surface area contributed by atoms with Gasteiger partial charge >= 0.3 is 0 Å². The summed E-state index contributed by atoms with van der Waals surface area (Å²) in [5.41, 5.74) is 6.52. The second kappa shape index (κ2) is 5.13. The number of aryl methyl sites for hydroxylation is 1. The van der Waals surface area contributed by atoms with Crippen LogP contribution in [0.2, 0.25) is 0 Å². The summed E-state index contributed by atoms with van der Waals surface area (Å²) < 4.78 is 13.9. The van der Waals surface area contributed by atoms with Crippen LogP contribution in [0.3, 0.4) is 0 Å². The van der Waals surface area contributed by atoms with E-state index in [9.17, 15) is 4.39 Å². The second-order valence-corrected chi connectivity index (χ2v) is 6.65. The number of hydrogen-bond donors (Lipinski definition) is 2. The molecule has 20 heavy (non-hydrogen) atoms.